The van der Waals surface area contributed by atoms with Crippen LogP contribution in [0.3, 0.4) is 0 Å². The van der Waals surface area contributed by atoms with Gasteiger partial charge in [0.2, 0.25) is 0 Å². The maximum Gasteiger partial charge on any atom is 0.0774 e. The number of thiophene rings is 1. The molecule has 0 unspecified atom stereocenters. The highest BCUT2D eigenvalue weighted by Crippen LogP contribution is 2.27. The zero-order chi connectivity index (χ0) is 9.52. The van der Waals surface area contributed by atoms with Crippen LogP contribution in [0.1, 0.15) is 11.3 Å². The molecule has 1 heterocycles. The van der Waals surface area contributed by atoms with Crippen LogP contribution in [0.25, 0.3) is 0 Å². The topological polar surface area (TPSA) is 29.5 Å². The monoisotopic (exact) mass is 218 g/mol. The Hall–Kier alpha value is -0.0300. The molecular weight excluding hydrogens is 204 g/mol. The van der Waals surface area contributed by atoms with E-state index in [1.54, 1.807) is 18.4 Å². The third kappa shape index (κ3) is 4.13. The van der Waals surface area contributed by atoms with E-state index in [2.05, 4.69) is 6.07 Å². The molecular formula is C9H14O2S2. The van der Waals surface area contributed by atoms with E-state index in [1.807, 2.05) is 17.8 Å². The summed E-state index contributed by atoms with van der Waals surface area (Å²) in [5.74, 6) is 1.08. The Labute approximate surface area is 86.9 Å². The van der Waals surface area contributed by atoms with Crippen molar-refractivity contribution in [3.05, 3.63) is 17.0 Å². The van der Waals surface area contributed by atoms with Gasteiger partial charge in [-0.15, -0.1) is 23.1 Å². The minimum absolute atomic E-state index is 0.156. The van der Waals surface area contributed by atoms with Crippen LogP contribution >= 0.6 is 23.1 Å². The molecule has 74 valence electrons. The number of ether oxygens (including phenoxy) is 1. The largest absolute Gasteiger partial charge is 0.391 e. The van der Waals surface area contributed by atoms with Gasteiger partial charge in [-0.1, -0.05) is 0 Å². The summed E-state index contributed by atoms with van der Waals surface area (Å²) in [5.41, 5.74) is 0. The molecule has 0 amide bonds. The molecule has 1 aromatic rings. The Morgan fingerprint density at radius 1 is 1.54 bits per heavy atom. The molecule has 1 rings (SSSR count). The first kappa shape index (κ1) is 11.0. The molecule has 0 atom stereocenters. The summed E-state index contributed by atoms with van der Waals surface area (Å²) in [4.78, 5) is 1.04. The SMILES string of the molecule is COCCCSc1ccc(CO)s1. The molecule has 0 saturated carbocycles. The Balaban J connectivity index is 2.20. The fourth-order valence-corrected chi connectivity index (χ4v) is 2.93. The lowest BCUT2D eigenvalue weighted by Crippen LogP contribution is -1.89. The van der Waals surface area contributed by atoms with Crippen molar-refractivity contribution in [2.75, 3.05) is 19.5 Å². The number of hydrogen-bond donors (Lipinski definition) is 1. The standard InChI is InChI=1S/C9H14O2S2/c1-11-5-2-6-12-9-4-3-8(7-10)13-9/h3-4,10H,2,5-7H2,1H3. The van der Waals surface area contributed by atoms with E-state index in [0.29, 0.717) is 0 Å². The van der Waals surface area contributed by atoms with E-state index in [4.69, 9.17) is 9.84 Å². The van der Waals surface area contributed by atoms with Crippen LogP contribution < -0.4 is 0 Å². The van der Waals surface area contributed by atoms with E-state index < -0.39 is 0 Å². The van der Waals surface area contributed by atoms with Crippen LogP contribution in [0.2, 0.25) is 0 Å². The molecule has 0 saturated heterocycles. The summed E-state index contributed by atoms with van der Waals surface area (Å²) in [6.07, 6.45) is 1.08. The average Bonchev–Trinajstić information content (AvgIpc) is 2.60. The van der Waals surface area contributed by atoms with Crippen molar-refractivity contribution in [2.45, 2.75) is 17.2 Å². The van der Waals surface area contributed by atoms with Gasteiger partial charge in [0.15, 0.2) is 0 Å². The van der Waals surface area contributed by atoms with Crippen LogP contribution in [0, 0.1) is 0 Å². The Kier molecular flexibility index (Phi) is 5.46. The van der Waals surface area contributed by atoms with Gasteiger partial charge in [0.1, 0.15) is 0 Å². The van der Waals surface area contributed by atoms with Crippen LogP contribution in [-0.4, -0.2) is 24.6 Å². The molecule has 0 aliphatic carbocycles. The molecule has 0 aliphatic heterocycles. The lowest BCUT2D eigenvalue weighted by atomic mass is 10.5. The zero-order valence-electron chi connectivity index (χ0n) is 7.66. The summed E-state index contributed by atoms with van der Waals surface area (Å²) in [7, 11) is 1.72. The fraction of sp³-hybridized carbons (Fsp3) is 0.556. The van der Waals surface area contributed by atoms with E-state index in [9.17, 15) is 0 Å². The summed E-state index contributed by atoms with van der Waals surface area (Å²) in [6, 6.07) is 4.04. The van der Waals surface area contributed by atoms with Crippen LogP contribution in [0.15, 0.2) is 16.3 Å². The molecule has 0 aliphatic rings. The molecule has 0 fully saturated rings. The minimum Gasteiger partial charge on any atom is -0.391 e. The molecule has 0 spiro atoms. The highest BCUT2D eigenvalue weighted by molar-refractivity contribution is 8.01. The first-order valence-electron chi connectivity index (χ1n) is 4.18. The van der Waals surface area contributed by atoms with Crippen molar-refractivity contribution in [1.82, 2.24) is 0 Å². The molecule has 1 aromatic heterocycles. The highest BCUT2D eigenvalue weighted by atomic mass is 32.2. The van der Waals surface area contributed by atoms with Gasteiger partial charge in [-0.05, 0) is 18.6 Å². The van der Waals surface area contributed by atoms with Crippen molar-refractivity contribution in [2.24, 2.45) is 0 Å². The summed E-state index contributed by atoms with van der Waals surface area (Å²) >= 11 is 3.49. The second kappa shape index (κ2) is 6.43. The Bertz CT molecular complexity index is 235. The molecule has 2 nitrogen and oxygen atoms in total. The smallest absolute Gasteiger partial charge is 0.0774 e. The first-order valence-corrected chi connectivity index (χ1v) is 5.98. The van der Waals surface area contributed by atoms with Gasteiger partial charge in [0.05, 0.1) is 10.8 Å². The van der Waals surface area contributed by atoms with Gasteiger partial charge in [-0.3, -0.25) is 0 Å². The quantitative estimate of drug-likeness (QED) is 0.587. The fourth-order valence-electron chi connectivity index (χ4n) is 0.897. The number of methoxy groups -OCH3 is 1. The lowest BCUT2D eigenvalue weighted by molar-refractivity contribution is 0.200. The zero-order valence-corrected chi connectivity index (χ0v) is 9.29. The number of hydrogen-bond acceptors (Lipinski definition) is 4. The van der Waals surface area contributed by atoms with Crippen LogP contribution in [-0.2, 0) is 11.3 Å². The van der Waals surface area contributed by atoms with Gasteiger partial charge >= 0.3 is 0 Å². The number of aliphatic hydroxyl groups excluding tert-OH is 1. The van der Waals surface area contributed by atoms with Gasteiger partial charge in [0, 0.05) is 24.3 Å². The Morgan fingerprint density at radius 3 is 3.00 bits per heavy atom. The highest BCUT2D eigenvalue weighted by Gasteiger charge is 1.98. The van der Waals surface area contributed by atoms with Crippen molar-refractivity contribution < 1.29 is 9.84 Å². The van der Waals surface area contributed by atoms with Crippen molar-refractivity contribution in [3.63, 3.8) is 0 Å². The second-order valence-electron chi connectivity index (χ2n) is 2.57. The van der Waals surface area contributed by atoms with E-state index in [1.165, 1.54) is 4.21 Å². The van der Waals surface area contributed by atoms with Gasteiger partial charge in [-0.2, -0.15) is 0 Å². The third-order valence-corrected chi connectivity index (χ3v) is 3.91. The maximum absolute atomic E-state index is 8.84. The summed E-state index contributed by atoms with van der Waals surface area (Å²) in [5, 5.41) is 8.84. The van der Waals surface area contributed by atoms with Crippen molar-refractivity contribution in [1.29, 1.82) is 0 Å². The molecule has 4 heteroatoms. The first-order chi connectivity index (χ1) is 6.36. The van der Waals surface area contributed by atoms with Gasteiger partial charge in [0.25, 0.3) is 0 Å². The molecule has 0 bridgehead atoms. The normalized spacial score (nSPS) is 10.6. The molecule has 1 N–H and O–H groups in total. The maximum atomic E-state index is 8.84. The number of thioether (sulfide) groups is 1. The van der Waals surface area contributed by atoms with Crippen molar-refractivity contribution in [3.8, 4) is 0 Å². The van der Waals surface area contributed by atoms with E-state index in [-0.39, 0.29) is 6.61 Å². The second-order valence-corrected chi connectivity index (χ2v) is 5.14. The Morgan fingerprint density at radius 2 is 2.38 bits per heavy atom. The van der Waals surface area contributed by atoms with E-state index >= 15 is 0 Å². The molecule has 13 heavy (non-hydrogen) atoms. The number of aliphatic hydroxyl groups is 1. The van der Waals surface area contributed by atoms with E-state index in [0.717, 1.165) is 23.7 Å². The van der Waals surface area contributed by atoms with Crippen LogP contribution in [0.5, 0.6) is 0 Å². The predicted molar refractivity (Wildman–Crippen MR) is 57.5 cm³/mol. The number of rotatable bonds is 6. The molecule has 0 radical (unpaired) electrons. The molecule has 0 aromatic carbocycles. The summed E-state index contributed by atoms with van der Waals surface area (Å²) in [6.45, 7) is 0.981. The van der Waals surface area contributed by atoms with Gasteiger partial charge < -0.3 is 9.84 Å². The average molecular weight is 218 g/mol. The minimum atomic E-state index is 0.156. The summed E-state index contributed by atoms with van der Waals surface area (Å²) < 4.78 is 6.23. The third-order valence-electron chi connectivity index (χ3n) is 1.53. The van der Waals surface area contributed by atoms with Crippen LogP contribution in [0.4, 0.5) is 0 Å². The van der Waals surface area contributed by atoms with Crippen molar-refractivity contribution >= 4 is 23.1 Å². The van der Waals surface area contributed by atoms with Gasteiger partial charge in [-0.25, -0.2) is 0 Å². The lowest BCUT2D eigenvalue weighted by Gasteiger charge is -1.97. The predicted octanol–water partition coefficient (Wildman–Crippen LogP) is 2.37.